The normalized spacial score (nSPS) is 7.50. The summed E-state index contributed by atoms with van der Waals surface area (Å²) in [5.41, 5.74) is 0. The zero-order chi connectivity index (χ0) is 8.36. The van der Waals surface area contributed by atoms with E-state index < -0.39 is 0 Å². The van der Waals surface area contributed by atoms with E-state index in [1.165, 1.54) is 0 Å². The van der Waals surface area contributed by atoms with Gasteiger partial charge in [-0.05, 0) is 13.8 Å². The van der Waals surface area contributed by atoms with E-state index in [9.17, 15) is 0 Å². The molecule has 0 atom stereocenters. The third-order valence-electron chi connectivity index (χ3n) is 1.07. The van der Waals surface area contributed by atoms with Crippen molar-refractivity contribution >= 4 is 23.1 Å². The SMILES string of the molecule is CCOCC.[H-].[H-].[Mg+2].c1ccccc1. The van der Waals surface area contributed by atoms with Gasteiger partial charge >= 0.3 is 23.1 Å². The Kier molecular flexibility index (Phi) is 16.3. The van der Waals surface area contributed by atoms with Crippen LogP contribution in [0.25, 0.3) is 0 Å². The molecule has 1 aromatic rings. The Hall–Kier alpha value is -0.0538. The molecule has 12 heavy (non-hydrogen) atoms. The van der Waals surface area contributed by atoms with Crippen LogP contribution < -0.4 is 0 Å². The van der Waals surface area contributed by atoms with Gasteiger partial charge in [0.1, 0.15) is 0 Å². The molecular formula is C10H18MgO. The Labute approximate surface area is 94.3 Å². The number of hydrogen-bond donors (Lipinski definition) is 0. The molecule has 0 saturated heterocycles. The van der Waals surface area contributed by atoms with E-state index in [1.54, 1.807) is 0 Å². The van der Waals surface area contributed by atoms with E-state index in [2.05, 4.69) is 0 Å². The van der Waals surface area contributed by atoms with Gasteiger partial charge in [0.25, 0.3) is 0 Å². The van der Waals surface area contributed by atoms with E-state index in [0.29, 0.717) is 0 Å². The molecule has 0 saturated carbocycles. The van der Waals surface area contributed by atoms with Crippen molar-refractivity contribution in [3.63, 3.8) is 0 Å². The van der Waals surface area contributed by atoms with Crippen LogP contribution in [-0.4, -0.2) is 36.3 Å². The van der Waals surface area contributed by atoms with Crippen LogP contribution in [0, 0.1) is 0 Å². The molecule has 0 fully saturated rings. The molecule has 0 amide bonds. The van der Waals surface area contributed by atoms with Gasteiger partial charge in [-0.3, -0.25) is 0 Å². The van der Waals surface area contributed by atoms with Crippen molar-refractivity contribution in [3.05, 3.63) is 36.4 Å². The van der Waals surface area contributed by atoms with E-state index in [4.69, 9.17) is 4.74 Å². The average Bonchev–Trinajstić information content (AvgIpc) is 2.10. The Morgan fingerprint density at radius 3 is 1.17 bits per heavy atom. The van der Waals surface area contributed by atoms with Gasteiger partial charge in [-0.25, -0.2) is 0 Å². The van der Waals surface area contributed by atoms with Crippen LogP contribution in [-0.2, 0) is 4.74 Å². The monoisotopic (exact) mass is 178 g/mol. The molecule has 1 aromatic carbocycles. The number of benzene rings is 1. The van der Waals surface area contributed by atoms with Gasteiger partial charge < -0.3 is 7.59 Å². The first-order chi connectivity index (χ1) is 5.41. The van der Waals surface area contributed by atoms with Crippen molar-refractivity contribution < 1.29 is 7.59 Å². The molecule has 0 radical (unpaired) electrons. The van der Waals surface area contributed by atoms with Crippen LogP contribution in [0.2, 0.25) is 0 Å². The second-order valence-electron chi connectivity index (χ2n) is 1.94. The summed E-state index contributed by atoms with van der Waals surface area (Å²) in [6.45, 7) is 5.67. The smallest absolute Gasteiger partial charge is 1.00 e. The summed E-state index contributed by atoms with van der Waals surface area (Å²) in [5, 5.41) is 0. The van der Waals surface area contributed by atoms with E-state index in [0.717, 1.165) is 13.2 Å². The van der Waals surface area contributed by atoms with Gasteiger partial charge in [-0.1, -0.05) is 36.4 Å². The van der Waals surface area contributed by atoms with Crippen LogP contribution in [0.1, 0.15) is 16.7 Å². The van der Waals surface area contributed by atoms with Gasteiger partial charge in [0.2, 0.25) is 0 Å². The van der Waals surface area contributed by atoms with Crippen LogP contribution in [0.5, 0.6) is 0 Å². The fraction of sp³-hybridized carbons (Fsp3) is 0.400. The average molecular weight is 179 g/mol. The summed E-state index contributed by atoms with van der Waals surface area (Å²) < 4.78 is 4.83. The minimum Gasteiger partial charge on any atom is -1.00 e. The predicted molar refractivity (Wildman–Crippen MR) is 56.6 cm³/mol. The van der Waals surface area contributed by atoms with Crippen molar-refractivity contribution in [1.29, 1.82) is 0 Å². The predicted octanol–water partition coefficient (Wildman–Crippen LogP) is 2.57. The number of hydrogen-bond acceptors (Lipinski definition) is 1. The molecule has 0 aliphatic heterocycles. The third kappa shape index (κ3) is 12.6. The first-order valence-electron chi connectivity index (χ1n) is 3.99. The molecule has 0 aromatic heterocycles. The summed E-state index contributed by atoms with van der Waals surface area (Å²) in [6, 6.07) is 12.0. The Morgan fingerprint density at radius 1 is 0.833 bits per heavy atom. The van der Waals surface area contributed by atoms with Gasteiger partial charge in [-0.2, -0.15) is 0 Å². The molecule has 66 valence electrons. The van der Waals surface area contributed by atoms with Gasteiger partial charge in [-0.15, -0.1) is 0 Å². The standard InChI is InChI=1S/C6H6.C4H10O.Mg.2H/c1-2-4-6-5-3-1;1-3-5-4-2;;;/h1-6H;3-4H2,1-2H3;;;/q;;+2;2*-1. The summed E-state index contributed by atoms with van der Waals surface area (Å²) in [5.74, 6) is 0. The van der Waals surface area contributed by atoms with Crippen molar-refractivity contribution in [2.45, 2.75) is 13.8 Å². The largest absolute Gasteiger partial charge is 2.00 e. The maximum atomic E-state index is 4.83. The molecule has 0 N–H and O–H groups in total. The molecule has 1 nitrogen and oxygen atoms in total. The summed E-state index contributed by atoms with van der Waals surface area (Å²) in [7, 11) is 0. The van der Waals surface area contributed by atoms with E-state index in [-0.39, 0.29) is 25.9 Å². The second kappa shape index (κ2) is 13.5. The first kappa shape index (κ1) is 14.5. The van der Waals surface area contributed by atoms with Crippen LogP contribution in [0.3, 0.4) is 0 Å². The molecule has 0 bridgehead atoms. The number of ether oxygens (including phenoxy) is 1. The zero-order valence-corrected chi connectivity index (χ0v) is 9.41. The topological polar surface area (TPSA) is 9.23 Å². The van der Waals surface area contributed by atoms with Gasteiger partial charge in [0.15, 0.2) is 0 Å². The van der Waals surface area contributed by atoms with Crippen LogP contribution in [0.15, 0.2) is 36.4 Å². The fourth-order valence-electron chi connectivity index (χ4n) is 0.589. The molecule has 2 heteroatoms. The minimum absolute atomic E-state index is 0. The molecule has 1 rings (SSSR count). The van der Waals surface area contributed by atoms with Crippen LogP contribution >= 0.6 is 0 Å². The maximum absolute atomic E-state index is 4.83. The Balaban J connectivity index is -0.0000000597. The maximum Gasteiger partial charge on any atom is 2.00 e. The first-order valence-corrected chi connectivity index (χ1v) is 3.99. The second-order valence-corrected chi connectivity index (χ2v) is 1.94. The van der Waals surface area contributed by atoms with Crippen LogP contribution in [0.4, 0.5) is 0 Å². The molecule has 0 aliphatic rings. The summed E-state index contributed by atoms with van der Waals surface area (Å²) >= 11 is 0. The molecule has 0 spiro atoms. The van der Waals surface area contributed by atoms with Crippen molar-refractivity contribution in [2.24, 2.45) is 0 Å². The van der Waals surface area contributed by atoms with Crippen molar-refractivity contribution in [3.8, 4) is 0 Å². The third-order valence-corrected chi connectivity index (χ3v) is 1.07. The Bertz CT molecular complexity index is 121. The summed E-state index contributed by atoms with van der Waals surface area (Å²) in [4.78, 5) is 0. The minimum atomic E-state index is 0. The molecular weight excluding hydrogens is 160 g/mol. The Morgan fingerprint density at radius 2 is 1.08 bits per heavy atom. The van der Waals surface area contributed by atoms with Gasteiger partial charge in [0.05, 0.1) is 0 Å². The van der Waals surface area contributed by atoms with Crippen molar-refractivity contribution in [2.75, 3.05) is 13.2 Å². The summed E-state index contributed by atoms with van der Waals surface area (Å²) in [6.07, 6.45) is 0. The van der Waals surface area contributed by atoms with E-state index >= 15 is 0 Å². The molecule has 0 unspecified atom stereocenters. The van der Waals surface area contributed by atoms with E-state index in [1.807, 2.05) is 50.2 Å². The quantitative estimate of drug-likeness (QED) is 0.633. The fourth-order valence-corrected chi connectivity index (χ4v) is 0.589. The molecule has 0 aliphatic carbocycles. The zero-order valence-electron chi connectivity index (χ0n) is 9.99. The number of rotatable bonds is 2. The van der Waals surface area contributed by atoms with Crippen molar-refractivity contribution in [1.82, 2.24) is 0 Å². The van der Waals surface area contributed by atoms with Gasteiger partial charge in [0, 0.05) is 13.2 Å². The molecule has 0 heterocycles.